The number of nitrogens with zero attached hydrogens (tertiary/aromatic N) is 4. The number of aliphatic hydroxyl groups excluding tert-OH is 1. The maximum Gasteiger partial charge on any atom is 0.356 e. The highest BCUT2D eigenvalue weighted by Crippen LogP contribution is 2.40. The molecule has 0 spiro atoms. The SMILES string of the molecule is O=C(CCP(=O)(O)O)N1C[C@@H](n2cnc3c(=O)[nH]cnc32)[C@H](OC[C@H](O)P(=O)(O)O)C1. The van der Waals surface area contributed by atoms with Gasteiger partial charge in [0.15, 0.2) is 17.0 Å². The van der Waals surface area contributed by atoms with Crippen molar-refractivity contribution in [1.82, 2.24) is 24.4 Å². The molecule has 1 aliphatic rings. The molecule has 1 fully saturated rings. The first kappa shape index (κ1) is 23.7. The predicted octanol–water partition coefficient (Wildman–Crippen LogP) is -2.05. The summed E-state index contributed by atoms with van der Waals surface area (Å²) in [6.07, 6.45) is 0.529. The Bertz CT molecular complexity index is 1110. The van der Waals surface area contributed by atoms with Crippen LogP contribution in [-0.2, 0) is 18.7 Å². The van der Waals surface area contributed by atoms with E-state index < -0.39 is 63.8 Å². The van der Waals surface area contributed by atoms with Gasteiger partial charge in [-0.1, -0.05) is 0 Å². The maximum atomic E-state index is 12.4. The second kappa shape index (κ2) is 8.88. The number of nitrogens with one attached hydrogen (secondary N) is 1. The molecule has 31 heavy (non-hydrogen) atoms. The van der Waals surface area contributed by atoms with Crippen molar-refractivity contribution in [3.8, 4) is 0 Å². The monoisotopic (exact) mass is 481 g/mol. The molecule has 15 nitrogen and oxygen atoms in total. The van der Waals surface area contributed by atoms with E-state index in [1.807, 2.05) is 0 Å². The number of carbonyl (C=O) groups excluding carboxylic acids is 1. The molecule has 172 valence electrons. The highest BCUT2D eigenvalue weighted by molar-refractivity contribution is 7.52. The molecule has 3 rings (SSSR count). The number of aromatic amines is 1. The first-order chi connectivity index (χ1) is 14.4. The van der Waals surface area contributed by atoms with Gasteiger partial charge in [-0.2, -0.15) is 0 Å². The number of aromatic nitrogens is 4. The molecule has 0 aromatic carbocycles. The Kier molecular flexibility index (Phi) is 6.79. The third-order valence-corrected chi connectivity index (χ3v) is 6.51. The lowest BCUT2D eigenvalue weighted by atomic mass is 10.2. The average Bonchev–Trinajstić information content (AvgIpc) is 3.27. The van der Waals surface area contributed by atoms with Gasteiger partial charge >= 0.3 is 15.2 Å². The van der Waals surface area contributed by atoms with Crippen molar-refractivity contribution in [1.29, 1.82) is 0 Å². The number of hydrogen-bond acceptors (Lipinski definition) is 8. The van der Waals surface area contributed by atoms with E-state index in [-0.39, 0.29) is 24.3 Å². The summed E-state index contributed by atoms with van der Waals surface area (Å²) >= 11 is 0. The largest absolute Gasteiger partial charge is 0.378 e. The molecule has 0 saturated carbocycles. The van der Waals surface area contributed by atoms with Crippen molar-refractivity contribution >= 4 is 32.3 Å². The molecule has 6 N–H and O–H groups in total. The first-order valence-corrected chi connectivity index (χ1v) is 12.4. The smallest absolute Gasteiger partial charge is 0.356 e. The summed E-state index contributed by atoms with van der Waals surface area (Å²) in [5.41, 5.74) is -0.282. The van der Waals surface area contributed by atoms with Gasteiger partial charge in [0.2, 0.25) is 5.91 Å². The van der Waals surface area contributed by atoms with Gasteiger partial charge in [-0.3, -0.25) is 18.7 Å². The standard InChI is InChI=1S/C14H21N5O10P2/c20-10(1-2-30(23,24)25)18-3-8(9(4-18)29-5-11(21)31(26,27)28)19-7-17-12-13(19)15-6-16-14(12)22/h6-9,11,21H,1-5H2,(H,15,16,22)(H2,23,24,25)(H2,26,27,28)/t8-,9-,11-/m1/s1. The van der Waals surface area contributed by atoms with Crippen molar-refractivity contribution in [2.75, 3.05) is 25.9 Å². The summed E-state index contributed by atoms with van der Waals surface area (Å²) in [4.78, 5) is 72.1. The van der Waals surface area contributed by atoms with Crippen molar-refractivity contribution in [2.24, 2.45) is 0 Å². The third kappa shape index (κ3) is 5.64. The number of H-pyrrole nitrogens is 1. The summed E-state index contributed by atoms with van der Waals surface area (Å²) in [7, 11) is -9.20. The minimum absolute atomic E-state index is 0.00337. The Morgan fingerprint density at radius 3 is 2.61 bits per heavy atom. The van der Waals surface area contributed by atoms with Crippen LogP contribution in [-0.4, -0.2) is 92.8 Å². The fraction of sp³-hybridized carbons (Fsp3) is 0.571. The normalized spacial score (nSPS) is 21.0. The number of carbonyl (C=O) groups is 1. The molecule has 0 bridgehead atoms. The zero-order valence-electron chi connectivity index (χ0n) is 15.9. The Balaban J connectivity index is 1.84. The Morgan fingerprint density at radius 2 is 1.97 bits per heavy atom. The summed E-state index contributed by atoms with van der Waals surface area (Å²) in [6.45, 7) is -0.811. The van der Waals surface area contributed by atoms with Crippen LogP contribution in [0.15, 0.2) is 17.4 Å². The van der Waals surface area contributed by atoms with Crippen LogP contribution in [0.2, 0.25) is 0 Å². The van der Waals surface area contributed by atoms with E-state index in [0.717, 1.165) is 6.33 Å². The molecule has 1 amide bonds. The number of aliphatic hydroxyl groups is 1. The van der Waals surface area contributed by atoms with Crippen molar-refractivity contribution in [2.45, 2.75) is 24.4 Å². The third-order valence-electron chi connectivity index (χ3n) is 4.78. The van der Waals surface area contributed by atoms with Crippen LogP contribution < -0.4 is 5.56 Å². The molecular weight excluding hydrogens is 460 g/mol. The van der Waals surface area contributed by atoms with E-state index in [4.69, 9.17) is 24.3 Å². The zero-order valence-corrected chi connectivity index (χ0v) is 17.7. The number of fused-ring (bicyclic) bond motifs is 1. The highest BCUT2D eigenvalue weighted by atomic mass is 31.2. The van der Waals surface area contributed by atoms with Crippen molar-refractivity contribution in [3.05, 3.63) is 23.0 Å². The van der Waals surface area contributed by atoms with Crippen LogP contribution in [0.4, 0.5) is 0 Å². The molecule has 1 aliphatic heterocycles. The molecule has 3 atom stereocenters. The summed E-state index contributed by atoms with van der Waals surface area (Å²) in [5, 5.41) is 9.59. The topological polar surface area (TPSA) is 228 Å². The number of amides is 1. The minimum Gasteiger partial charge on any atom is -0.378 e. The second-order valence-corrected chi connectivity index (χ2v) is 10.6. The van der Waals surface area contributed by atoms with Crippen LogP contribution in [0, 0.1) is 0 Å². The molecule has 0 unspecified atom stereocenters. The number of ether oxygens (including phenoxy) is 1. The molecule has 2 aromatic heterocycles. The highest BCUT2D eigenvalue weighted by Gasteiger charge is 2.39. The van der Waals surface area contributed by atoms with Gasteiger partial charge in [-0.25, -0.2) is 9.97 Å². The number of rotatable bonds is 8. The molecular formula is C14H21N5O10P2. The number of hydrogen-bond donors (Lipinski definition) is 6. The Labute approximate surface area is 174 Å². The first-order valence-electron chi connectivity index (χ1n) is 8.94. The van der Waals surface area contributed by atoms with Crippen molar-refractivity contribution in [3.63, 3.8) is 0 Å². The molecule has 0 aliphatic carbocycles. The second-order valence-electron chi connectivity index (χ2n) is 7.00. The Hall–Kier alpha value is -1.96. The van der Waals surface area contributed by atoms with Gasteiger partial charge in [-0.15, -0.1) is 0 Å². The van der Waals surface area contributed by atoms with E-state index in [0.29, 0.717) is 0 Å². The maximum absolute atomic E-state index is 12.4. The molecule has 0 radical (unpaired) electrons. The predicted molar refractivity (Wildman–Crippen MR) is 103 cm³/mol. The average molecular weight is 481 g/mol. The van der Waals surface area contributed by atoms with E-state index in [9.17, 15) is 23.8 Å². The van der Waals surface area contributed by atoms with Gasteiger partial charge in [-0.05, 0) is 0 Å². The number of imidazole rings is 1. The quantitative estimate of drug-likeness (QED) is 0.224. The summed E-state index contributed by atoms with van der Waals surface area (Å²) < 4.78 is 29.2. The van der Waals surface area contributed by atoms with E-state index >= 15 is 0 Å². The van der Waals surface area contributed by atoms with E-state index in [1.54, 1.807) is 0 Å². The summed E-state index contributed by atoms with van der Waals surface area (Å²) in [5.74, 6) is -2.64. The van der Waals surface area contributed by atoms with Crippen LogP contribution in [0.3, 0.4) is 0 Å². The Morgan fingerprint density at radius 1 is 1.26 bits per heavy atom. The molecule has 3 heterocycles. The van der Waals surface area contributed by atoms with Crippen LogP contribution in [0.5, 0.6) is 0 Å². The zero-order chi connectivity index (χ0) is 23.0. The fourth-order valence-corrected chi connectivity index (χ4v) is 3.97. The van der Waals surface area contributed by atoms with Crippen LogP contribution in [0.1, 0.15) is 12.5 Å². The number of likely N-dealkylation sites (tertiary alicyclic amines) is 1. The van der Waals surface area contributed by atoms with E-state index in [2.05, 4.69) is 15.0 Å². The molecule has 2 aromatic rings. The molecule has 17 heteroatoms. The van der Waals surface area contributed by atoms with E-state index in [1.165, 1.54) is 15.8 Å². The van der Waals surface area contributed by atoms with Crippen LogP contribution >= 0.6 is 15.2 Å². The van der Waals surface area contributed by atoms with Crippen molar-refractivity contribution < 1.29 is 43.3 Å². The van der Waals surface area contributed by atoms with Gasteiger partial charge in [0.05, 0.1) is 37.6 Å². The lowest BCUT2D eigenvalue weighted by molar-refractivity contribution is -0.130. The summed E-state index contributed by atoms with van der Waals surface area (Å²) in [6, 6.07) is -0.692. The van der Waals surface area contributed by atoms with Gasteiger partial charge in [0.25, 0.3) is 5.56 Å². The van der Waals surface area contributed by atoms with Gasteiger partial charge < -0.3 is 43.9 Å². The van der Waals surface area contributed by atoms with Gasteiger partial charge in [0, 0.05) is 19.5 Å². The van der Waals surface area contributed by atoms with Gasteiger partial charge in [0.1, 0.15) is 0 Å². The van der Waals surface area contributed by atoms with Crippen LogP contribution in [0.25, 0.3) is 11.2 Å². The minimum atomic E-state index is -4.82. The molecule has 1 saturated heterocycles. The fourth-order valence-electron chi connectivity index (χ4n) is 3.20. The lowest BCUT2D eigenvalue weighted by Crippen LogP contribution is -2.31. The lowest BCUT2D eigenvalue weighted by Gasteiger charge is -2.22.